The molecule has 3 nitrogen and oxygen atoms in total. The quantitative estimate of drug-likeness (QED) is 0.435. The van der Waals surface area contributed by atoms with Crippen LogP contribution in [0.25, 0.3) is 11.1 Å². The van der Waals surface area contributed by atoms with Crippen LogP contribution in [0.5, 0.6) is 0 Å². The van der Waals surface area contributed by atoms with E-state index in [2.05, 4.69) is 0 Å². The van der Waals surface area contributed by atoms with Crippen molar-refractivity contribution in [3.05, 3.63) is 70.3 Å². The van der Waals surface area contributed by atoms with E-state index in [1.54, 1.807) is 0 Å². The number of halogens is 3. The Labute approximate surface area is 185 Å². The van der Waals surface area contributed by atoms with E-state index in [1.807, 2.05) is 32.1 Å². The summed E-state index contributed by atoms with van der Waals surface area (Å²) < 4.78 is 43.9. The molecule has 168 valence electrons. The van der Waals surface area contributed by atoms with Gasteiger partial charge in [0.15, 0.2) is 11.6 Å². The van der Waals surface area contributed by atoms with Crippen LogP contribution in [0.1, 0.15) is 47.4 Å². The van der Waals surface area contributed by atoms with E-state index in [9.17, 15) is 22.8 Å². The highest BCUT2D eigenvalue weighted by Gasteiger charge is 2.40. The number of aryl methyl sites for hydroxylation is 2. The summed E-state index contributed by atoms with van der Waals surface area (Å²) in [5.74, 6) is -0.766. The lowest BCUT2D eigenvalue weighted by atomic mass is 9.85. The van der Waals surface area contributed by atoms with Gasteiger partial charge in [0.05, 0.1) is 5.56 Å². The molecule has 1 unspecified atom stereocenters. The molecule has 4 rings (SSSR count). The van der Waals surface area contributed by atoms with Gasteiger partial charge in [0.1, 0.15) is 5.92 Å². The third-order valence-electron chi connectivity index (χ3n) is 6.40. The van der Waals surface area contributed by atoms with Gasteiger partial charge in [0, 0.05) is 19.6 Å². The summed E-state index contributed by atoms with van der Waals surface area (Å²) in [6.45, 7) is 5.03. The summed E-state index contributed by atoms with van der Waals surface area (Å²) in [6.07, 6.45) is -0.553. The molecule has 0 bridgehead atoms. The Balaban J connectivity index is 1.63. The van der Waals surface area contributed by atoms with E-state index in [1.165, 1.54) is 12.1 Å². The molecule has 0 N–H and O–H groups in total. The molecule has 0 aromatic heterocycles. The molecule has 1 aliphatic carbocycles. The molecule has 1 heterocycles. The van der Waals surface area contributed by atoms with Crippen molar-refractivity contribution in [2.75, 3.05) is 13.2 Å². The minimum atomic E-state index is -4.38. The van der Waals surface area contributed by atoms with Gasteiger partial charge in [0.25, 0.3) is 0 Å². The SMILES string of the molecule is Cc1cc(-c2ccc(C(F)(F)F)cc2)cc(C)c1C1C(=O)C/C(=C\C2CCOCC2)C1=O. The number of ketones is 2. The topological polar surface area (TPSA) is 43.4 Å². The minimum Gasteiger partial charge on any atom is -0.381 e. The summed E-state index contributed by atoms with van der Waals surface area (Å²) in [7, 11) is 0. The van der Waals surface area contributed by atoms with Gasteiger partial charge >= 0.3 is 6.18 Å². The lowest BCUT2D eigenvalue weighted by Crippen LogP contribution is -2.17. The number of hydrogen-bond donors (Lipinski definition) is 0. The standard InChI is InChI=1S/C26H25F3O3/c1-15-11-19(18-3-5-21(6-4-18)26(27,28)29)12-16(2)23(15)24-22(30)14-20(25(24)31)13-17-7-9-32-10-8-17/h3-6,11-13,17,24H,7-10,14H2,1-2H3/b20-13+. The zero-order valence-electron chi connectivity index (χ0n) is 18.1. The molecule has 0 radical (unpaired) electrons. The van der Waals surface area contributed by atoms with E-state index in [0.29, 0.717) is 29.9 Å². The highest BCUT2D eigenvalue weighted by molar-refractivity contribution is 6.23. The van der Waals surface area contributed by atoms with E-state index in [0.717, 1.165) is 41.7 Å². The number of carbonyl (C=O) groups is 2. The van der Waals surface area contributed by atoms with Crippen LogP contribution in [0.3, 0.4) is 0 Å². The van der Waals surface area contributed by atoms with Crippen molar-refractivity contribution < 1.29 is 27.5 Å². The Morgan fingerprint density at radius 1 is 0.938 bits per heavy atom. The number of alkyl halides is 3. The number of rotatable bonds is 3. The van der Waals surface area contributed by atoms with E-state index in [-0.39, 0.29) is 23.9 Å². The summed E-state index contributed by atoms with van der Waals surface area (Å²) in [6, 6.07) is 8.68. The van der Waals surface area contributed by atoms with Crippen LogP contribution in [-0.2, 0) is 20.5 Å². The highest BCUT2D eigenvalue weighted by atomic mass is 19.4. The summed E-state index contributed by atoms with van der Waals surface area (Å²) in [5, 5.41) is 0. The first-order valence-corrected chi connectivity index (χ1v) is 10.8. The molecule has 1 saturated heterocycles. The molecule has 2 fully saturated rings. The number of ether oxygens (including phenoxy) is 1. The molecule has 2 aromatic carbocycles. The van der Waals surface area contributed by atoms with Crippen molar-refractivity contribution in [1.29, 1.82) is 0 Å². The van der Waals surface area contributed by atoms with Crippen LogP contribution in [0.4, 0.5) is 13.2 Å². The van der Waals surface area contributed by atoms with Crippen molar-refractivity contribution in [1.82, 2.24) is 0 Å². The first-order chi connectivity index (χ1) is 15.1. The molecule has 2 aromatic rings. The van der Waals surface area contributed by atoms with Gasteiger partial charge in [-0.05, 0) is 78.1 Å². The first kappa shape index (κ1) is 22.5. The van der Waals surface area contributed by atoms with Crippen LogP contribution >= 0.6 is 0 Å². The van der Waals surface area contributed by atoms with Crippen LogP contribution < -0.4 is 0 Å². The van der Waals surface area contributed by atoms with Gasteiger partial charge in [-0.3, -0.25) is 9.59 Å². The molecule has 2 aliphatic rings. The largest absolute Gasteiger partial charge is 0.416 e. The average Bonchev–Trinajstić information content (AvgIpc) is 3.01. The molecule has 1 saturated carbocycles. The zero-order valence-corrected chi connectivity index (χ0v) is 18.1. The fourth-order valence-electron chi connectivity index (χ4n) is 4.76. The molecular formula is C26H25F3O3. The fourth-order valence-corrected chi connectivity index (χ4v) is 4.76. The Kier molecular flexibility index (Phi) is 6.08. The lowest BCUT2D eigenvalue weighted by molar-refractivity contribution is -0.137. The Hall–Kier alpha value is -2.73. The van der Waals surface area contributed by atoms with E-state index in [4.69, 9.17) is 4.74 Å². The van der Waals surface area contributed by atoms with Gasteiger partial charge in [0.2, 0.25) is 0 Å². The molecule has 1 aliphatic heterocycles. The van der Waals surface area contributed by atoms with Gasteiger partial charge in [-0.25, -0.2) is 0 Å². The molecular weight excluding hydrogens is 417 g/mol. The predicted molar refractivity (Wildman–Crippen MR) is 115 cm³/mol. The van der Waals surface area contributed by atoms with E-state index < -0.39 is 17.7 Å². The number of hydrogen-bond acceptors (Lipinski definition) is 3. The van der Waals surface area contributed by atoms with Gasteiger partial charge in [-0.15, -0.1) is 0 Å². The third-order valence-corrected chi connectivity index (χ3v) is 6.40. The lowest BCUT2D eigenvalue weighted by Gasteiger charge is -2.19. The predicted octanol–water partition coefficient (Wildman–Crippen LogP) is 5.97. The molecule has 0 amide bonds. The zero-order chi connectivity index (χ0) is 23.0. The summed E-state index contributed by atoms with van der Waals surface area (Å²) in [4.78, 5) is 26.0. The van der Waals surface area contributed by atoms with Gasteiger partial charge < -0.3 is 4.74 Å². The maximum atomic E-state index is 13.2. The summed E-state index contributed by atoms with van der Waals surface area (Å²) >= 11 is 0. The maximum Gasteiger partial charge on any atom is 0.416 e. The second kappa shape index (κ2) is 8.66. The van der Waals surface area contributed by atoms with Crippen molar-refractivity contribution in [3.8, 4) is 11.1 Å². The van der Waals surface area contributed by atoms with Crippen LogP contribution in [0, 0.1) is 19.8 Å². The van der Waals surface area contributed by atoms with Crippen LogP contribution in [0.2, 0.25) is 0 Å². The van der Waals surface area contributed by atoms with Crippen molar-refractivity contribution in [2.24, 2.45) is 5.92 Å². The third kappa shape index (κ3) is 4.42. The molecule has 6 heteroatoms. The smallest absolute Gasteiger partial charge is 0.381 e. The Bertz CT molecular complexity index is 1050. The number of allylic oxidation sites excluding steroid dienone is 2. The molecule has 0 spiro atoms. The number of benzene rings is 2. The minimum absolute atomic E-state index is 0.0956. The normalized spacial score (nSPS) is 21.5. The van der Waals surface area contributed by atoms with Crippen LogP contribution in [-0.4, -0.2) is 24.8 Å². The van der Waals surface area contributed by atoms with Crippen LogP contribution in [0.15, 0.2) is 48.0 Å². The Morgan fingerprint density at radius 3 is 2.09 bits per heavy atom. The number of carbonyl (C=O) groups excluding carboxylic acids is 2. The average molecular weight is 442 g/mol. The van der Waals surface area contributed by atoms with Crippen molar-refractivity contribution in [3.63, 3.8) is 0 Å². The van der Waals surface area contributed by atoms with Crippen molar-refractivity contribution in [2.45, 2.75) is 45.2 Å². The fraction of sp³-hybridized carbons (Fsp3) is 0.385. The maximum absolute atomic E-state index is 13.2. The first-order valence-electron chi connectivity index (χ1n) is 10.8. The van der Waals surface area contributed by atoms with Gasteiger partial charge in [-0.1, -0.05) is 30.3 Å². The summed E-state index contributed by atoms with van der Waals surface area (Å²) in [5.41, 5.74) is 3.60. The van der Waals surface area contributed by atoms with Gasteiger partial charge in [-0.2, -0.15) is 13.2 Å². The van der Waals surface area contributed by atoms with Crippen molar-refractivity contribution >= 4 is 11.6 Å². The monoisotopic (exact) mass is 442 g/mol. The molecule has 1 atom stereocenters. The Morgan fingerprint density at radius 2 is 1.53 bits per heavy atom. The molecule has 32 heavy (non-hydrogen) atoms. The second-order valence-corrected chi connectivity index (χ2v) is 8.68. The van der Waals surface area contributed by atoms with E-state index >= 15 is 0 Å². The number of Topliss-reactive ketones (excluding diaryl/α,β-unsaturated/α-hetero) is 2. The highest BCUT2D eigenvalue weighted by Crippen LogP contribution is 2.39. The second-order valence-electron chi connectivity index (χ2n) is 8.68.